The number of aliphatic hydroxyl groups excluding tert-OH is 1. The Balaban J connectivity index is 1.82. The lowest BCUT2D eigenvalue weighted by molar-refractivity contribution is -0.0868. The molecule has 0 spiro atoms. The fourth-order valence-corrected chi connectivity index (χ4v) is 2.34. The molecular formula is C20H24F2O5. The van der Waals surface area contributed by atoms with Gasteiger partial charge in [0.2, 0.25) is 0 Å². The van der Waals surface area contributed by atoms with Crippen molar-refractivity contribution < 1.29 is 32.8 Å². The van der Waals surface area contributed by atoms with E-state index in [2.05, 4.69) is 0 Å². The highest BCUT2D eigenvalue weighted by atomic mass is 19.1. The molecule has 1 atom stereocenters. The summed E-state index contributed by atoms with van der Waals surface area (Å²) in [5.74, 6) is -1.45. The Labute approximate surface area is 157 Å². The molecule has 0 amide bonds. The maximum atomic E-state index is 14.2. The maximum absolute atomic E-state index is 14.2. The summed E-state index contributed by atoms with van der Waals surface area (Å²) in [6.45, 7) is 0.871. The van der Waals surface area contributed by atoms with Gasteiger partial charge in [0, 0.05) is 31.2 Å². The van der Waals surface area contributed by atoms with E-state index in [1.54, 1.807) is 7.11 Å². The van der Waals surface area contributed by atoms with Crippen molar-refractivity contribution in [3.63, 3.8) is 0 Å². The first-order chi connectivity index (χ1) is 13.1. The van der Waals surface area contributed by atoms with E-state index in [9.17, 15) is 13.9 Å². The topological polar surface area (TPSA) is 57.2 Å². The summed E-state index contributed by atoms with van der Waals surface area (Å²) in [5.41, 5.74) is 0.682. The molecule has 0 fully saturated rings. The predicted molar refractivity (Wildman–Crippen MR) is 95.5 cm³/mol. The van der Waals surface area contributed by atoms with E-state index < -0.39 is 17.7 Å². The minimum Gasteiger partial charge on any atom is -0.489 e. The third kappa shape index (κ3) is 7.60. The van der Waals surface area contributed by atoms with Gasteiger partial charge in [-0.3, -0.25) is 0 Å². The van der Waals surface area contributed by atoms with Crippen LogP contribution in [0.4, 0.5) is 8.78 Å². The quantitative estimate of drug-likeness (QED) is 0.452. The summed E-state index contributed by atoms with van der Waals surface area (Å²) in [7, 11) is 1.55. The van der Waals surface area contributed by atoms with Crippen LogP contribution in [-0.2, 0) is 27.2 Å². The molecule has 0 saturated carbocycles. The fraction of sp³-hybridized carbons (Fsp3) is 0.400. The van der Waals surface area contributed by atoms with E-state index in [0.717, 1.165) is 17.7 Å². The molecule has 0 radical (unpaired) electrons. The second-order valence-corrected chi connectivity index (χ2v) is 5.89. The van der Waals surface area contributed by atoms with Crippen molar-refractivity contribution in [2.24, 2.45) is 0 Å². The van der Waals surface area contributed by atoms with Crippen LogP contribution >= 0.6 is 0 Å². The van der Waals surface area contributed by atoms with Crippen LogP contribution in [0.5, 0.6) is 5.75 Å². The molecule has 148 valence electrons. The molecule has 0 saturated heterocycles. The van der Waals surface area contributed by atoms with Crippen molar-refractivity contribution in [2.75, 3.05) is 33.7 Å². The molecule has 2 aromatic rings. The van der Waals surface area contributed by atoms with Crippen LogP contribution in [0.25, 0.3) is 0 Å². The second kappa shape index (κ2) is 11.6. The van der Waals surface area contributed by atoms with Gasteiger partial charge in [-0.1, -0.05) is 30.3 Å². The second-order valence-electron chi connectivity index (χ2n) is 5.89. The number of aliphatic hydroxyl groups is 1. The van der Waals surface area contributed by atoms with E-state index in [1.165, 1.54) is 0 Å². The lowest BCUT2D eigenvalue weighted by Crippen LogP contribution is -2.21. The summed E-state index contributed by atoms with van der Waals surface area (Å²) in [4.78, 5) is 0. The zero-order chi connectivity index (χ0) is 19.5. The molecule has 1 N–H and O–H groups in total. The Morgan fingerprint density at radius 2 is 1.70 bits per heavy atom. The summed E-state index contributed by atoms with van der Waals surface area (Å²) < 4.78 is 48.8. The molecule has 2 rings (SSSR count). The molecule has 0 heterocycles. The first kappa shape index (κ1) is 21.2. The Morgan fingerprint density at radius 3 is 2.37 bits per heavy atom. The molecule has 0 bridgehead atoms. The molecular weight excluding hydrogens is 358 g/mol. The maximum Gasteiger partial charge on any atom is 0.146 e. The summed E-state index contributed by atoms with van der Waals surface area (Å²) >= 11 is 0. The van der Waals surface area contributed by atoms with Crippen LogP contribution in [0.2, 0.25) is 0 Å². The van der Waals surface area contributed by atoms with Crippen LogP contribution in [-0.4, -0.2) is 44.9 Å². The first-order valence-corrected chi connectivity index (χ1v) is 8.57. The number of benzene rings is 2. The van der Waals surface area contributed by atoms with E-state index in [-0.39, 0.29) is 37.7 Å². The minimum absolute atomic E-state index is 0.0301. The third-order valence-corrected chi connectivity index (χ3v) is 3.71. The van der Waals surface area contributed by atoms with Crippen molar-refractivity contribution in [2.45, 2.75) is 19.1 Å². The standard InChI is InChI=1S/C20H24F2O5/c1-24-7-8-25-14-26-13-16(23)9-18-19(21)10-17(11-20(18)22)27-12-15-5-3-2-4-6-15/h2-6,10-11,16,23H,7-9,12-14H2,1H3/t16-/m1/s1. The van der Waals surface area contributed by atoms with Gasteiger partial charge in [0.05, 0.1) is 25.9 Å². The zero-order valence-electron chi connectivity index (χ0n) is 15.2. The summed E-state index contributed by atoms with van der Waals surface area (Å²) in [5, 5.41) is 9.91. The molecule has 7 heteroatoms. The van der Waals surface area contributed by atoms with Crippen LogP contribution in [0.3, 0.4) is 0 Å². The van der Waals surface area contributed by atoms with Crippen LogP contribution in [0, 0.1) is 11.6 Å². The number of ether oxygens (including phenoxy) is 4. The Kier molecular flexibility index (Phi) is 9.13. The van der Waals surface area contributed by atoms with Gasteiger partial charge in [-0.2, -0.15) is 0 Å². The van der Waals surface area contributed by atoms with Gasteiger partial charge in [0.1, 0.15) is 30.8 Å². The van der Waals surface area contributed by atoms with Crippen LogP contribution < -0.4 is 4.74 Å². The number of halogens is 2. The molecule has 0 aliphatic heterocycles. The van der Waals surface area contributed by atoms with E-state index in [4.69, 9.17) is 18.9 Å². The summed E-state index contributed by atoms with van der Waals surface area (Å²) in [6.07, 6.45) is -1.27. The number of hydrogen-bond donors (Lipinski definition) is 1. The Morgan fingerprint density at radius 1 is 1.00 bits per heavy atom. The molecule has 0 aliphatic carbocycles. The summed E-state index contributed by atoms with van der Waals surface area (Å²) in [6, 6.07) is 11.5. The van der Waals surface area contributed by atoms with Gasteiger partial charge < -0.3 is 24.1 Å². The predicted octanol–water partition coefficient (Wildman–Crippen LogP) is 3.08. The van der Waals surface area contributed by atoms with Crippen LogP contribution in [0.1, 0.15) is 11.1 Å². The lowest BCUT2D eigenvalue weighted by Gasteiger charge is -2.14. The lowest BCUT2D eigenvalue weighted by atomic mass is 10.1. The fourth-order valence-electron chi connectivity index (χ4n) is 2.34. The van der Waals surface area contributed by atoms with Gasteiger partial charge in [0.25, 0.3) is 0 Å². The average Bonchev–Trinajstić information content (AvgIpc) is 2.66. The van der Waals surface area contributed by atoms with E-state index in [0.29, 0.717) is 13.2 Å². The van der Waals surface area contributed by atoms with Crippen molar-refractivity contribution in [1.29, 1.82) is 0 Å². The molecule has 2 aromatic carbocycles. The normalized spacial score (nSPS) is 12.1. The van der Waals surface area contributed by atoms with Gasteiger partial charge >= 0.3 is 0 Å². The highest BCUT2D eigenvalue weighted by Crippen LogP contribution is 2.23. The molecule has 0 aromatic heterocycles. The van der Waals surface area contributed by atoms with Crippen molar-refractivity contribution in [1.82, 2.24) is 0 Å². The zero-order valence-corrected chi connectivity index (χ0v) is 15.2. The third-order valence-electron chi connectivity index (χ3n) is 3.71. The molecule has 5 nitrogen and oxygen atoms in total. The number of hydrogen-bond acceptors (Lipinski definition) is 5. The van der Waals surface area contributed by atoms with Crippen molar-refractivity contribution in [3.8, 4) is 5.75 Å². The van der Waals surface area contributed by atoms with Crippen molar-refractivity contribution in [3.05, 3.63) is 65.2 Å². The van der Waals surface area contributed by atoms with Gasteiger partial charge in [-0.05, 0) is 5.56 Å². The number of methoxy groups -OCH3 is 1. The number of rotatable bonds is 12. The van der Waals surface area contributed by atoms with E-state index >= 15 is 0 Å². The molecule has 0 aliphatic rings. The largest absolute Gasteiger partial charge is 0.489 e. The first-order valence-electron chi connectivity index (χ1n) is 8.57. The van der Waals surface area contributed by atoms with Crippen LogP contribution in [0.15, 0.2) is 42.5 Å². The van der Waals surface area contributed by atoms with Gasteiger partial charge in [-0.25, -0.2) is 8.78 Å². The Bertz CT molecular complexity index is 658. The van der Waals surface area contributed by atoms with Gasteiger partial charge in [0.15, 0.2) is 0 Å². The monoisotopic (exact) mass is 382 g/mol. The highest BCUT2D eigenvalue weighted by Gasteiger charge is 2.16. The highest BCUT2D eigenvalue weighted by molar-refractivity contribution is 5.31. The van der Waals surface area contributed by atoms with Gasteiger partial charge in [-0.15, -0.1) is 0 Å². The average molecular weight is 382 g/mol. The smallest absolute Gasteiger partial charge is 0.146 e. The minimum atomic E-state index is -1.06. The molecule has 27 heavy (non-hydrogen) atoms. The Hall–Kier alpha value is -2.06. The van der Waals surface area contributed by atoms with E-state index in [1.807, 2.05) is 30.3 Å². The van der Waals surface area contributed by atoms with Crippen molar-refractivity contribution >= 4 is 0 Å². The SMILES string of the molecule is COCCOCOC[C@H](O)Cc1c(F)cc(OCc2ccccc2)cc1F. The molecule has 0 unspecified atom stereocenters.